The summed E-state index contributed by atoms with van der Waals surface area (Å²) in [6.07, 6.45) is 5.09. The molecule has 0 saturated carbocycles. The van der Waals surface area contributed by atoms with Crippen LogP contribution in [0.1, 0.15) is 36.0 Å². The Balaban J connectivity index is 0.00000392. The fourth-order valence-electron chi connectivity index (χ4n) is 2.68. The summed E-state index contributed by atoms with van der Waals surface area (Å²) in [6.45, 7) is 1.12. The number of nitrogens with one attached hydrogen (secondary N) is 1. The molecule has 0 spiro atoms. The van der Waals surface area contributed by atoms with E-state index in [1.54, 1.807) is 31.3 Å². The van der Waals surface area contributed by atoms with E-state index in [1.807, 2.05) is 0 Å². The maximum Gasteiger partial charge on any atom is 0.259 e. The summed E-state index contributed by atoms with van der Waals surface area (Å²) in [5.41, 5.74) is 6.52. The van der Waals surface area contributed by atoms with E-state index in [1.165, 1.54) is 11.1 Å². The molecular formula is C19H26Cl2N4O3. The number of aromatic nitrogens is 1. The van der Waals surface area contributed by atoms with Crippen LogP contribution in [0.2, 0.25) is 5.02 Å². The first-order chi connectivity index (χ1) is 13.1. The van der Waals surface area contributed by atoms with Gasteiger partial charge in [0.15, 0.2) is 5.76 Å². The highest BCUT2D eigenvalue weighted by Gasteiger charge is 2.24. The number of carbonyl (C=O) groups excluding carboxylic acids is 2. The molecule has 7 nitrogen and oxygen atoms in total. The van der Waals surface area contributed by atoms with E-state index < -0.39 is 0 Å². The van der Waals surface area contributed by atoms with Gasteiger partial charge in [0.05, 0.1) is 12.7 Å². The Hall–Kier alpha value is -2.09. The minimum Gasteiger partial charge on any atom is -0.358 e. The van der Waals surface area contributed by atoms with Crippen molar-refractivity contribution in [2.24, 2.45) is 5.73 Å². The largest absolute Gasteiger partial charge is 0.358 e. The molecule has 2 rings (SSSR count). The Kier molecular flexibility index (Phi) is 10.6. The molecule has 0 atom stereocenters. The van der Waals surface area contributed by atoms with E-state index in [0.717, 1.165) is 25.7 Å². The summed E-state index contributed by atoms with van der Waals surface area (Å²) in [5, 5.41) is 6.92. The smallest absolute Gasteiger partial charge is 0.259 e. The van der Waals surface area contributed by atoms with Gasteiger partial charge in [0.1, 0.15) is 5.56 Å². The van der Waals surface area contributed by atoms with Crippen molar-refractivity contribution in [3.63, 3.8) is 0 Å². The molecule has 0 bridgehead atoms. The molecule has 1 aromatic carbocycles. The topological polar surface area (TPSA) is 101 Å². The number of likely N-dealkylation sites (N-methyl/N-ethyl adjacent to an activating group) is 1. The van der Waals surface area contributed by atoms with Crippen molar-refractivity contribution >= 4 is 35.8 Å². The van der Waals surface area contributed by atoms with E-state index in [-0.39, 0.29) is 30.8 Å². The fourth-order valence-corrected chi connectivity index (χ4v) is 2.80. The lowest BCUT2D eigenvalue weighted by Crippen LogP contribution is -2.40. The highest BCUT2D eigenvalue weighted by molar-refractivity contribution is 6.30. The Morgan fingerprint density at radius 3 is 2.50 bits per heavy atom. The second-order valence-electron chi connectivity index (χ2n) is 6.18. The van der Waals surface area contributed by atoms with Crippen LogP contribution in [0.15, 0.2) is 35.0 Å². The minimum absolute atomic E-state index is 0. The summed E-state index contributed by atoms with van der Waals surface area (Å²) in [7, 11) is 1.55. The predicted octanol–water partition coefficient (Wildman–Crippen LogP) is 3.12. The third-order valence-electron chi connectivity index (χ3n) is 4.19. The molecule has 3 N–H and O–H groups in total. The van der Waals surface area contributed by atoms with Gasteiger partial charge in [0.2, 0.25) is 5.91 Å². The van der Waals surface area contributed by atoms with Crippen LogP contribution in [0, 0.1) is 0 Å². The molecule has 2 aromatic rings. The number of hydrogen-bond donors (Lipinski definition) is 2. The molecule has 0 fully saturated rings. The zero-order valence-corrected chi connectivity index (χ0v) is 17.4. The van der Waals surface area contributed by atoms with Crippen molar-refractivity contribution in [3.05, 3.63) is 41.0 Å². The quantitative estimate of drug-likeness (QED) is 0.565. The average Bonchev–Trinajstić information content (AvgIpc) is 3.16. The SMILES string of the molecule is CNC(=O)CN(CCCCCCN)C(=O)c1cnoc1-c1ccc(Cl)cc1.Cl. The molecule has 1 aromatic heterocycles. The van der Waals surface area contributed by atoms with Crippen molar-refractivity contribution in [3.8, 4) is 11.3 Å². The standard InChI is InChI=1S/C19H25ClN4O3.ClH/c1-22-17(25)13-24(11-5-3-2-4-10-21)19(26)16-12-23-27-18(16)14-6-8-15(20)9-7-14;/h6-9,12H,2-5,10-11,13,21H2,1H3,(H,22,25);1H. The van der Waals surface area contributed by atoms with Crippen LogP contribution in [0.4, 0.5) is 0 Å². The molecule has 0 unspecified atom stereocenters. The zero-order valence-electron chi connectivity index (χ0n) is 15.8. The lowest BCUT2D eigenvalue weighted by atomic mass is 10.1. The third-order valence-corrected chi connectivity index (χ3v) is 4.44. The Morgan fingerprint density at radius 2 is 1.86 bits per heavy atom. The number of hydrogen-bond acceptors (Lipinski definition) is 5. The first-order valence-corrected chi connectivity index (χ1v) is 9.35. The van der Waals surface area contributed by atoms with Crippen molar-refractivity contribution in [2.45, 2.75) is 25.7 Å². The molecule has 154 valence electrons. The fraction of sp³-hybridized carbons (Fsp3) is 0.421. The zero-order chi connectivity index (χ0) is 19.6. The summed E-state index contributed by atoms with van der Waals surface area (Å²) in [4.78, 5) is 26.4. The van der Waals surface area contributed by atoms with E-state index in [4.69, 9.17) is 21.9 Å². The van der Waals surface area contributed by atoms with E-state index in [2.05, 4.69) is 10.5 Å². The first-order valence-electron chi connectivity index (χ1n) is 8.97. The maximum atomic E-state index is 13.0. The predicted molar refractivity (Wildman–Crippen MR) is 112 cm³/mol. The van der Waals surface area contributed by atoms with Gasteiger partial charge in [0, 0.05) is 24.2 Å². The van der Waals surface area contributed by atoms with Crippen LogP contribution >= 0.6 is 24.0 Å². The van der Waals surface area contributed by atoms with Crippen molar-refractivity contribution < 1.29 is 14.1 Å². The van der Waals surface area contributed by atoms with Crippen molar-refractivity contribution in [1.29, 1.82) is 0 Å². The molecular weight excluding hydrogens is 403 g/mol. The number of nitrogens with two attached hydrogens (primary N) is 1. The third kappa shape index (κ3) is 6.82. The molecule has 9 heteroatoms. The van der Waals surface area contributed by atoms with Crippen LogP contribution < -0.4 is 11.1 Å². The monoisotopic (exact) mass is 428 g/mol. The molecule has 1 heterocycles. The Labute approximate surface area is 176 Å². The molecule has 2 amide bonds. The van der Waals surface area contributed by atoms with Crippen LogP contribution in [-0.2, 0) is 4.79 Å². The lowest BCUT2D eigenvalue weighted by Gasteiger charge is -2.21. The Morgan fingerprint density at radius 1 is 1.18 bits per heavy atom. The van der Waals surface area contributed by atoms with Gasteiger partial charge >= 0.3 is 0 Å². The second-order valence-corrected chi connectivity index (χ2v) is 6.61. The average molecular weight is 429 g/mol. The number of benzene rings is 1. The Bertz CT molecular complexity index is 750. The van der Waals surface area contributed by atoms with Crippen LogP contribution in [0.3, 0.4) is 0 Å². The minimum atomic E-state index is -0.288. The van der Waals surface area contributed by atoms with Gasteiger partial charge in [0.25, 0.3) is 5.91 Å². The summed E-state index contributed by atoms with van der Waals surface area (Å²) in [6, 6.07) is 6.95. The summed E-state index contributed by atoms with van der Waals surface area (Å²) >= 11 is 5.92. The molecule has 28 heavy (non-hydrogen) atoms. The number of unbranched alkanes of at least 4 members (excludes halogenated alkanes) is 3. The van der Waals surface area contributed by atoms with Crippen molar-refractivity contribution in [2.75, 3.05) is 26.7 Å². The van der Waals surface area contributed by atoms with Gasteiger partial charge in [-0.3, -0.25) is 9.59 Å². The van der Waals surface area contributed by atoms with Crippen LogP contribution in [-0.4, -0.2) is 48.6 Å². The number of rotatable bonds is 10. The molecule has 0 radical (unpaired) electrons. The number of carbonyl (C=O) groups is 2. The van der Waals surface area contributed by atoms with Gasteiger partial charge in [-0.15, -0.1) is 12.4 Å². The maximum absolute atomic E-state index is 13.0. The van der Waals surface area contributed by atoms with Gasteiger partial charge in [-0.1, -0.05) is 29.6 Å². The highest BCUT2D eigenvalue weighted by Crippen LogP contribution is 2.26. The van der Waals surface area contributed by atoms with Gasteiger partial charge in [-0.05, 0) is 43.7 Å². The number of nitrogens with zero attached hydrogens (tertiary/aromatic N) is 2. The van der Waals surface area contributed by atoms with Crippen molar-refractivity contribution in [1.82, 2.24) is 15.4 Å². The molecule has 0 aliphatic carbocycles. The number of amides is 2. The normalized spacial score (nSPS) is 10.2. The lowest BCUT2D eigenvalue weighted by molar-refractivity contribution is -0.121. The van der Waals surface area contributed by atoms with Crippen LogP contribution in [0.5, 0.6) is 0 Å². The summed E-state index contributed by atoms with van der Waals surface area (Å²) in [5.74, 6) is -0.153. The van der Waals surface area contributed by atoms with E-state index >= 15 is 0 Å². The second kappa shape index (κ2) is 12.4. The van der Waals surface area contributed by atoms with Gasteiger partial charge in [-0.25, -0.2) is 0 Å². The number of halogens is 2. The highest BCUT2D eigenvalue weighted by atomic mass is 35.5. The molecule has 0 saturated heterocycles. The van der Waals surface area contributed by atoms with Gasteiger partial charge in [-0.2, -0.15) is 0 Å². The van der Waals surface area contributed by atoms with E-state index in [0.29, 0.717) is 35.0 Å². The first kappa shape index (κ1) is 23.9. The van der Waals surface area contributed by atoms with Crippen LogP contribution in [0.25, 0.3) is 11.3 Å². The summed E-state index contributed by atoms with van der Waals surface area (Å²) < 4.78 is 5.30. The molecule has 0 aliphatic rings. The van der Waals surface area contributed by atoms with Gasteiger partial charge < -0.3 is 20.5 Å². The molecule has 0 aliphatic heterocycles. The van der Waals surface area contributed by atoms with E-state index in [9.17, 15) is 9.59 Å².